The molecule has 138 valence electrons. The quantitative estimate of drug-likeness (QED) is 0.257. The summed E-state index contributed by atoms with van der Waals surface area (Å²) in [5, 5.41) is 18.9. The van der Waals surface area contributed by atoms with Crippen LogP contribution in [0.3, 0.4) is 0 Å². The Morgan fingerprint density at radius 1 is 1.26 bits per heavy atom. The summed E-state index contributed by atoms with van der Waals surface area (Å²) in [4.78, 5) is 35.8. The van der Waals surface area contributed by atoms with Gasteiger partial charge in [-0.15, -0.1) is 11.3 Å². The van der Waals surface area contributed by atoms with Crippen molar-refractivity contribution in [1.29, 1.82) is 0 Å². The predicted molar refractivity (Wildman–Crippen MR) is 103 cm³/mol. The van der Waals surface area contributed by atoms with Crippen molar-refractivity contribution >= 4 is 51.8 Å². The van der Waals surface area contributed by atoms with Crippen molar-refractivity contribution in [2.45, 2.75) is 6.04 Å². The second-order valence-corrected chi connectivity index (χ2v) is 6.82. The standard InChI is InChI=1S/C17H13N3O5S2/c1-25-16(22)15(21)12-13(9-4-6-10(7-5-9)20(23)24)18-17(26)19-14(12)11-3-2-8-27-11/h2-8,13H,1H3,(H2,18,19,26)/t13-/m0/s1. The van der Waals surface area contributed by atoms with Crippen molar-refractivity contribution in [1.82, 2.24) is 10.6 Å². The van der Waals surface area contributed by atoms with Crippen LogP contribution in [-0.2, 0) is 14.3 Å². The van der Waals surface area contributed by atoms with Gasteiger partial charge in [0.1, 0.15) is 0 Å². The van der Waals surface area contributed by atoms with Crippen LogP contribution in [0.1, 0.15) is 16.5 Å². The Labute approximate surface area is 163 Å². The zero-order valence-electron chi connectivity index (χ0n) is 13.9. The number of Topliss-reactive ketones (excluding diaryl/α,β-unsaturated/α-hetero) is 1. The molecule has 0 saturated carbocycles. The SMILES string of the molecule is COC(=O)C(=O)C1=C(c2cccs2)NC(=S)N[C@H]1c1ccc([N+](=O)[O-])cc1. The number of carbonyl (C=O) groups excluding carboxylic acids is 2. The summed E-state index contributed by atoms with van der Waals surface area (Å²) >= 11 is 6.62. The molecule has 27 heavy (non-hydrogen) atoms. The van der Waals surface area contributed by atoms with E-state index >= 15 is 0 Å². The number of hydrogen-bond acceptors (Lipinski definition) is 7. The zero-order valence-corrected chi connectivity index (χ0v) is 15.6. The summed E-state index contributed by atoms with van der Waals surface area (Å²) in [7, 11) is 1.13. The van der Waals surface area contributed by atoms with Crippen LogP contribution in [0.2, 0.25) is 0 Å². The normalized spacial score (nSPS) is 16.3. The van der Waals surface area contributed by atoms with Gasteiger partial charge in [-0.3, -0.25) is 14.9 Å². The number of ether oxygens (including phenoxy) is 1. The second kappa shape index (κ2) is 7.64. The van der Waals surface area contributed by atoms with Crippen molar-refractivity contribution in [3.05, 3.63) is 67.9 Å². The van der Waals surface area contributed by atoms with Gasteiger partial charge in [-0.2, -0.15) is 0 Å². The lowest BCUT2D eigenvalue weighted by atomic mass is 9.91. The van der Waals surface area contributed by atoms with Gasteiger partial charge in [0.05, 0.1) is 34.2 Å². The number of ketones is 1. The minimum Gasteiger partial charge on any atom is -0.463 e. The van der Waals surface area contributed by atoms with Crippen LogP contribution in [0, 0.1) is 10.1 Å². The van der Waals surface area contributed by atoms with Gasteiger partial charge < -0.3 is 15.4 Å². The van der Waals surface area contributed by atoms with E-state index in [0.717, 1.165) is 12.0 Å². The van der Waals surface area contributed by atoms with Crippen molar-refractivity contribution in [3.8, 4) is 0 Å². The maximum absolute atomic E-state index is 12.7. The number of carbonyl (C=O) groups is 2. The van der Waals surface area contributed by atoms with Gasteiger partial charge in [0.25, 0.3) is 11.5 Å². The van der Waals surface area contributed by atoms with E-state index in [2.05, 4.69) is 15.4 Å². The molecule has 0 saturated heterocycles. The number of nitro benzene ring substituents is 1. The molecule has 2 aromatic rings. The van der Waals surface area contributed by atoms with Crippen molar-refractivity contribution in [3.63, 3.8) is 0 Å². The van der Waals surface area contributed by atoms with Gasteiger partial charge in [-0.25, -0.2) is 4.79 Å². The summed E-state index contributed by atoms with van der Waals surface area (Å²) in [5.41, 5.74) is 1.00. The molecule has 2 N–H and O–H groups in total. The molecule has 1 aliphatic rings. The Morgan fingerprint density at radius 2 is 1.96 bits per heavy atom. The van der Waals surface area contributed by atoms with E-state index in [-0.39, 0.29) is 16.4 Å². The molecule has 0 amide bonds. The number of methoxy groups -OCH3 is 1. The minimum atomic E-state index is -1.01. The van der Waals surface area contributed by atoms with E-state index in [9.17, 15) is 19.7 Å². The fourth-order valence-corrected chi connectivity index (χ4v) is 3.63. The third kappa shape index (κ3) is 3.71. The van der Waals surface area contributed by atoms with Crippen LogP contribution < -0.4 is 10.6 Å². The number of nitrogens with one attached hydrogen (secondary N) is 2. The number of esters is 1. The number of benzene rings is 1. The van der Waals surface area contributed by atoms with Crippen LogP contribution in [0.15, 0.2) is 47.4 Å². The molecule has 0 aliphatic carbocycles. The Hall–Kier alpha value is -3.11. The van der Waals surface area contributed by atoms with Crippen molar-refractivity contribution < 1.29 is 19.2 Å². The highest BCUT2D eigenvalue weighted by Crippen LogP contribution is 2.34. The average molecular weight is 403 g/mol. The number of non-ortho nitro benzene ring substituents is 1. The lowest BCUT2D eigenvalue weighted by Gasteiger charge is -2.30. The maximum atomic E-state index is 12.7. The molecule has 1 aromatic carbocycles. The molecule has 0 fully saturated rings. The number of nitrogens with zero attached hydrogens (tertiary/aromatic N) is 1. The molecule has 2 heterocycles. The van der Waals surface area contributed by atoms with Gasteiger partial charge in [0.15, 0.2) is 5.11 Å². The summed E-state index contributed by atoms with van der Waals surface area (Å²) in [5.74, 6) is -1.84. The maximum Gasteiger partial charge on any atom is 0.379 e. The molecule has 0 radical (unpaired) electrons. The van der Waals surface area contributed by atoms with Crippen molar-refractivity contribution in [2.75, 3.05) is 7.11 Å². The Balaban J connectivity index is 2.16. The van der Waals surface area contributed by atoms with E-state index in [1.54, 1.807) is 12.1 Å². The van der Waals surface area contributed by atoms with Gasteiger partial charge in [-0.05, 0) is 41.4 Å². The first kappa shape index (κ1) is 18.7. The van der Waals surface area contributed by atoms with Gasteiger partial charge >= 0.3 is 5.97 Å². The minimum absolute atomic E-state index is 0.0847. The number of hydrogen-bond donors (Lipinski definition) is 2. The Morgan fingerprint density at radius 3 is 2.52 bits per heavy atom. The molecule has 1 aromatic heterocycles. The Kier molecular flexibility index (Phi) is 5.28. The lowest BCUT2D eigenvalue weighted by Crippen LogP contribution is -2.45. The highest BCUT2D eigenvalue weighted by Gasteiger charge is 2.36. The molecule has 1 atom stereocenters. The molecule has 8 nitrogen and oxygen atoms in total. The summed E-state index contributed by atoms with van der Waals surface area (Å²) < 4.78 is 4.60. The molecule has 10 heteroatoms. The third-order valence-corrected chi connectivity index (χ3v) is 5.00. The van der Waals surface area contributed by atoms with Crippen LogP contribution in [0.4, 0.5) is 5.69 Å². The molecular weight excluding hydrogens is 390 g/mol. The van der Waals surface area contributed by atoms with Crippen LogP contribution >= 0.6 is 23.6 Å². The van der Waals surface area contributed by atoms with E-state index in [0.29, 0.717) is 11.3 Å². The lowest BCUT2D eigenvalue weighted by molar-refractivity contribution is -0.384. The average Bonchev–Trinajstić information content (AvgIpc) is 3.21. The van der Waals surface area contributed by atoms with E-state index in [1.807, 2.05) is 5.38 Å². The molecule has 3 rings (SSSR count). The zero-order chi connectivity index (χ0) is 19.6. The largest absolute Gasteiger partial charge is 0.463 e. The number of thiocarbonyl (C=S) groups is 1. The monoisotopic (exact) mass is 403 g/mol. The van der Waals surface area contributed by atoms with Gasteiger partial charge in [-0.1, -0.05) is 6.07 Å². The van der Waals surface area contributed by atoms with E-state index < -0.39 is 22.7 Å². The topological polar surface area (TPSA) is 111 Å². The molecular formula is C17H13N3O5S2. The van der Waals surface area contributed by atoms with Gasteiger partial charge in [0.2, 0.25) is 0 Å². The summed E-state index contributed by atoms with van der Waals surface area (Å²) in [6, 6.07) is 8.52. The first-order valence-corrected chi connectivity index (χ1v) is 8.93. The molecule has 0 bridgehead atoms. The fraction of sp³-hybridized carbons (Fsp3) is 0.118. The third-order valence-electron chi connectivity index (χ3n) is 3.89. The number of rotatable bonds is 5. The van der Waals surface area contributed by atoms with Crippen LogP contribution in [0.5, 0.6) is 0 Å². The highest BCUT2D eigenvalue weighted by molar-refractivity contribution is 7.80. The number of nitro groups is 1. The van der Waals surface area contributed by atoms with E-state index in [4.69, 9.17) is 12.2 Å². The Bertz CT molecular complexity index is 951. The summed E-state index contributed by atoms with van der Waals surface area (Å²) in [6.07, 6.45) is 0. The summed E-state index contributed by atoms with van der Waals surface area (Å²) in [6.45, 7) is 0. The smallest absolute Gasteiger partial charge is 0.379 e. The number of thiophene rings is 1. The van der Waals surface area contributed by atoms with Gasteiger partial charge in [0, 0.05) is 12.1 Å². The molecule has 1 aliphatic heterocycles. The molecule has 0 unspecified atom stereocenters. The first-order chi connectivity index (χ1) is 12.9. The van der Waals surface area contributed by atoms with E-state index in [1.165, 1.54) is 35.6 Å². The molecule has 0 spiro atoms. The fourth-order valence-electron chi connectivity index (χ4n) is 2.67. The van der Waals surface area contributed by atoms with Crippen LogP contribution in [-0.4, -0.2) is 28.9 Å². The van der Waals surface area contributed by atoms with Crippen molar-refractivity contribution in [2.24, 2.45) is 0 Å². The van der Waals surface area contributed by atoms with Crippen LogP contribution in [0.25, 0.3) is 5.70 Å². The second-order valence-electron chi connectivity index (χ2n) is 5.47. The highest BCUT2D eigenvalue weighted by atomic mass is 32.1. The first-order valence-electron chi connectivity index (χ1n) is 7.65. The predicted octanol–water partition coefficient (Wildman–Crippen LogP) is 2.33.